The quantitative estimate of drug-likeness (QED) is 0.816. The Labute approximate surface area is 139 Å². The number of hydrogen-bond acceptors (Lipinski definition) is 4. The zero-order chi connectivity index (χ0) is 17.2. The molecule has 2 heterocycles. The van der Waals surface area contributed by atoms with Crippen molar-refractivity contribution < 1.29 is 4.79 Å². The maximum Gasteiger partial charge on any atom is 0.252 e. The zero-order valence-corrected chi connectivity index (χ0v) is 14.4. The number of aromatic amines is 1. The van der Waals surface area contributed by atoms with Gasteiger partial charge in [-0.3, -0.25) is 14.6 Å². The molecule has 8 heteroatoms. The van der Waals surface area contributed by atoms with Gasteiger partial charge in [-0.25, -0.2) is 4.98 Å². The summed E-state index contributed by atoms with van der Waals surface area (Å²) in [6, 6.07) is 3.15. The lowest BCUT2D eigenvalue weighted by molar-refractivity contribution is -0.123. The summed E-state index contributed by atoms with van der Waals surface area (Å²) in [7, 11) is 0. The molecule has 2 aromatic heterocycles. The fourth-order valence-corrected chi connectivity index (χ4v) is 1.99. The van der Waals surface area contributed by atoms with Crippen molar-refractivity contribution in [1.29, 1.82) is 0 Å². The number of nitrogens with zero attached hydrogens (tertiary/aromatic N) is 3. The number of anilines is 1. The Morgan fingerprint density at radius 3 is 2.74 bits per heavy atom. The zero-order valence-electron chi connectivity index (χ0n) is 13.6. The fraction of sp³-hybridized carbons (Fsp3) is 0.467. The van der Waals surface area contributed by atoms with Gasteiger partial charge >= 0.3 is 0 Å². The highest BCUT2D eigenvalue weighted by Crippen LogP contribution is 2.21. The number of halogens is 1. The number of alkyl halides is 1. The highest BCUT2D eigenvalue weighted by atomic mass is 35.5. The molecule has 23 heavy (non-hydrogen) atoms. The Kier molecular flexibility index (Phi) is 4.89. The van der Waals surface area contributed by atoms with Gasteiger partial charge in [0.25, 0.3) is 5.56 Å². The Balaban J connectivity index is 2.44. The summed E-state index contributed by atoms with van der Waals surface area (Å²) >= 11 is 5.83. The SMILES string of the molecule is CCc1cc(=O)[nH]c(-n2nc(C)cc2NC(=O)C(C)(C)CCl)n1. The first-order valence-electron chi connectivity index (χ1n) is 7.31. The average Bonchev–Trinajstić information content (AvgIpc) is 2.87. The molecule has 0 saturated carbocycles. The summed E-state index contributed by atoms with van der Waals surface area (Å²) in [5.74, 6) is 0.651. The Bertz CT molecular complexity index is 778. The lowest BCUT2D eigenvalue weighted by Crippen LogP contribution is -2.33. The number of carbonyl (C=O) groups is 1. The third-order valence-corrected chi connectivity index (χ3v) is 4.04. The van der Waals surface area contributed by atoms with Crippen LogP contribution in [-0.4, -0.2) is 31.5 Å². The van der Waals surface area contributed by atoms with E-state index in [-0.39, 0.29) is 23.3 Å². The molecule has 0 unspecified atom stereocenters. The van der Waals surface area contributed by atoms with E-state index >= 15 is 0 Å². The number of hydrogen-bond donors (Lipinski definition) is 2. The predicted octanol–water partition coefficient (Wildman–Crippen LogP) is 2.03. The monoisotopic (exact) mass is 337 g/mol. The van der Waals surface area contributed by atoms with Crippen LogP contribution in [0.3, 0.4) is 0 Å². The minimum atomic E-state index is -0.726. The minimum absolute atomic E-state index is 0.187. The maximum atomic E-state index is 12.3. The molecule has 124 valence electrons. The van der Waals surface area contributed by atoms with Crippen LogP contribution in [0, 0.1) is 12.3 Å². The lowest BCUT2D eigenvalue weighted by atomic mass is 9.95. The molecule has 0 bridgehead atoms. The highest BCUT2D eigenvalue weighted by molar-refractivity contribution is 6.20. The number of rotatable bonds is 5. The van der Waals surface area contributed by atoms with Crippen molar-refractivity contribution in [2.45, 2.75) is 34.1 Å². The van der Waals surface area contributed by atoms with Crippen LogP contribution in [-0.2, 0) is 11.2 Å². The fourth-order valence-electron chi connectivity index (χ4n) is 1.87. The van der Waals surface area contributed by atoms with Crippen LogP contribution in [0.2, 0.25) is 0 Å². The van der Waals surface area contributed by atoms with Crippen molar-refractivity contribution in [2.24, 2.45) is 5.41 Å². The molecule has 1 amide bonds. The normalized spacial score (nSPS) is 11.5. The molecule has 0 aliphatic carbocycles. The van der Waals surface area contributed by atoms with Crippen LogP contribution < -0.4 is 10.9 Å². The van der Waals surface area contributed by atoms with Gasteiger partial charge in [0.15, 0.2) is 0 Å². The molecular weight excluding hydrogens is 318 g/mol. The number of nitrogens with one attached hydrogen (secondary N) is 2. The molecule has 7 nitrogen and oxygen atoms in total. The maximum absolute atomic E-state index is 12.3. The summed E-state index contributed by atoms with van der Waals surface area (Å²) in [5.41, 5.74) is 0.346. The van der Waals surface area contributed by atoms with Gasteiger partial charge < -0.3 is 5.32 Å². The number of amides is 1. The molecule has 0 aliphatic rings. The molecule has 2 N–H and O–H groups in total. The first kappa shape index (κ1) is 17.2. The molecule has 0 radical (unpaired) electrons. The lowest BCUT2D eigenvalue weighted by Gasteiger charge is -2.20. The van der Waals surface area contributed by atoms with Crippen LogP contribution in [0.1, 0.15) is 32.2 Å². The molecule has 0 saturated heterocycles. The van der Waals surface area contributed by atoms with Crippen LogP contribution in [0.15, 0.2) is 16.9 Å². The van der Waals surface area contributed by atoms with E-state index in [2.05, 4.69) is 20.4 Å². The van der Waals surface area contributed by atoms with Crippen LogP contribution >= 0.6 is 11.6 Å². The summed E-state index contributed by atoms with van der Waals surface area (Å²) in [4.78, 5) is 31.1. The van der Waals surface area contributed by atoms with Gasteiger partial charge in [-0.1, -0.05) is 6.92 Å². The van der Waals surface area contributed by atoms with Crippen molar-refractivity contribution in [3.8, 4) is 5.95 Å². The van der Waals surface area contributed by atoms with Gasteiger partial charge in [0.05, 0.1) is 11.1 Å². The molecule has 0 atom stereocenters. The standard InChI is InChI=1S/C15H20ClN5O2/c1-5-10-7-12(22)19-14(17-10)21-11(6-9(2)20-21)18-13(23)15(3,4)8-16/h6-7H,5,8H2,1-4H3,(H,18,23)(H,17,19,22). The van der Waals surface area contributed by atoms with Crippen LogP contribution in [0.4, 0.5) is 5.82 Å². The predicted molar refractivity (Wildman–Crippen MR) is 89.2 cm³/mol. The second-order valence-corrected chi connectivity index (χ2v) is 6.24. The van der Waals surface area contributed by atoms with Gasteiger partial charge in [0, 0.05) is 23.7 Å². The van der Waals surface area contributed by atoms with Crippen molar-refractivity contribution in [3.05, 3.63) is 33.9 Å². The molecule has 0 fully saturated rings. The number of aromatic nitrogens is 4. The molecule has 2 rings (SSSR count). The van der Waals surface area contributed by atoms with E-state index in [1.165, 1.54) is 10.7 Å². The minimum Gasteiger partial charge on any atom is -0.310 e. The van der Waals surface area contributed by atoms with Gasteiger partial charge in [0.1, 0.15) is 5.82 Å². The highest BCUT2D eigenvalue weighted by Gasteiger charge is 2.27. The van der Waals surface area contributed by atoms with E-state index < -0.39 is 5.41 Å². The molecular formula is C15H20ClN5O2. The van der Waals surface area contributed by atoms with Crippen molar-refractivity contribution in [2.75, 3.05) is 11.2 Å². The average molecular weight is 338 g/mol. The largest absolute Gasteiger partial charge is 0.310 e. The third-order valence-electron chi connectivity index (χ3n) is 3.37. The molecule has 0 spiro atoms. The first-order valence-corrected chi connectivity index (χ1v) is 7.85. The van der Waals surface area contributed by atoms with Gasteiger partial charge in [-0.15, -0.1) is 11.6 Å². The van der Waals surface area contributed by atoms with Crippen molar-refractivity contribution in [1.82, 2.24) is 19.7 Å². The Morgan fingerprint density at radius 1 is 1.43 bits per heavy atom. The van der Waals surface area contributed by atoms with Gasteiger partial charge in [-0.05, 0) is 27.2 Å². The van der Waals surface area contributed by atoms with E-state index in [0.29, 0.717) is 23.6 Å². The summed E-state index contributed by atoms with van der Waals surface area (Å²) in [5, 5.41) is 7.09. The summed E-state index contributed by atoms with van der Waals surface area (Å²) < 4.78 is 1.41. The van der Waals surface area contributed by atoms with Crippen molar-refractivity contribution >= 4 is 23.3 Å². The number of carbonyl (C=O) groups excluding carboxylic acids is 1. The number of aryl methyl sites for hydroxylation is 2. The summed E-state index contributed by atoms with van der Waals surface area (Å²) in [6.07, 6.45) is 0.623. The van der Waals surface area contributed by atoms with E-state index in [1.54, 1.807) is 26.8 Å². The Morgan fingerprint density at radius 2 is 2.13 bits per heavy atom. The third kappa shape index (κ3) is 3.79. The summed E-state index contributed by atoms with van der Waals surface area (Å²) in [6.45, 7) is 7.20. The van der Waals surface area contributed by atoms with Gasteiger partial charge in [-0.2, -0.15) is 9.78 Å². The smallest absolute Gasteiger partial charge is 0.252 e. The second kappa shape index (κ2) is 6.54. The molecule has 0 aromatic carbocycles. The van der Waals surface area contributed by atoms with Crippen LogP contribution in [0.25, 0.3) is 5.95 Å². The van der Waals surface area contributed by atoms with E-state index in [4.69, 9.17) is 11.6 Å². The molecule has 2 aromatic rings. The first-order chi connectivity index (χ1) is 10.8. The van der Waals surface area contributed by atoms with E-state index in [9.17, 15) is 9.59 Å². The second-order valence-electron chi connectivity index (χ2n) is 5.97. The van der Waals surface area contributed by atoms with Gasteiger partial charge in [0.2, 0.25) is 11.9 Å². The number of H-pyrrole nitrogens is 1. The topological polar surface area (TPSA) is 92.7 Å². The van der Waals surface area contributed by atoms with Crippen LogP contribution in [0.5, 0.6) is 0 Å². The van der Waals surface area contributed by atoms with E-state index in [1.807, 2.05) is 6.92 Å². The van der Waals surface area contributed by atoms with Crippen molar-refractivity contribution in [3.63, 3.8) is 0 Å². The Hall–Kier alpha value is -2.15. The molecule has 0 aliphatic heterocycles. The van der Waals surface area contributed by atoms with E-state index in [0.717, 1.165) is 0 Å².